The van der Waals surface area contributed by atoms with Crippen molar-refractivity contribution < 1.29 is 24.7 Å². The molecule has 0 unspecified atom stereocenters. The first-order chi connectivity index (χ1) is 5.77. The molecule has 0 saturated carbocycles. The van der Waals surface area contributed by atoms with Crippen molar-refractivity contribution in [2.24, 2.45) is 0 Å². The number of carbonyl (C=O) groups is 1. The number of unbranched alkanes of at least 4 members (excludes halogenated alkanes) is 3. The van der Waals surface area contributed by atoms with Crippen LogP contribution in [-0.4, -0.2) is 17.9 Å². The third-order valence-corrected chi connectivity index (χ3v) is 1.23. The summed E-state index contributed by atoms with van der Waals surface area (Å²) in [7, 11) is 0. The van der Waals surface area contributed by atoms with Crippen LogP contribution in [0.5, 0.6) is 0 Å². The SMILES string of the molecule is CCCCCCOOOC(=O)O. The number of carboxylic acid groups (broad SMARTS) is 1. The van der Waals surface area contributed by atoms with E-state index in [1.807, 2.05) is 0 Å². The van der Waals surface area contributed by atoms with E-state index in [-0.39, 0.29) is 0 Å². The van der Waals surface area contributed by atoms with Gasteiger partial charge in [-0.15, -0.1) is 0 Å². The fourth-order valence-corrected chi connectivity index (χ4v) is 0.675. The molecule has 0 atom stereocenters. The van der Waals surface area contributed by atoms with E-state index in [0.29, 0.717) is 6.61 Å². The van der Waals surface area contributed by atoms with Crippen LogP contribution in [0.25, 0.3) is 0 Å². The van der Waals surface area contributed by atoms with Crippen LogP contribution < -0.4 is 0 Å². The van der Waals surface area contributed by atoms with Gasteiger partial charge in [-0.05, 0) is 11.5 Å². The summed E-state index contributed by atoms with van der Waals surface area (Å²) in [4.78, 5) is 17.7. The normalized spacial score (nSPS) is 9.75. The Morgan fingerprint density at radius 1 is 1.33 bits per heavy atom. The highest BCUT2D eigenvalue weighted by molar-refractivity contribution is 5.55. The van der Waals surface area contributed by atoms with Gasteiger partial charge in [-0.25, -0.2) is 9.68 Å². The van der Waals surface area contributed by atoms with Crippen molar-refractivity contribution in [3.63, 3.8) is 0 Å². The van der Waals surface area contributed by atoms with Gasteiger partial charge >= 0.3 is 6.16 Å². The van der Waals surface area contributed by atoms with Crippen LogP contribution in [-0.2, 0) is 14.8 Å². The minimum Gasteiger partial charge on any atom is -0.448 e. The predicted octanol–water partition coefficient (Wildman–Crippen LogP) is 2.12. The molecule has 1 N–H and O–H groups in total. The lowest BCUT2D eigenvalue weighted by Gasteiger charge is -1.99. The van der Waals surface area contributed by atoms with Gasteiger partial charge in [-0.3, -0.25) is 0 Å². The highest BCUT2D eigenvalue weighted by Crippen LogP contribution is 1.98. The number of hydrogen-bond acceptors (Lipinski definition) is 4. The minimum absolute atomic E-state index is 0.354. The van der Waals surface area contributed by atoms with E-state index in [0.717, 1.165) is 25.7 Å². The van der Waals surface area contributed by atoms with Crippen molar-refractivity contribution in [3.8, 4) is 0 Å². The summed E-state index contributed by atoms with van der Waals surface area (Å²) < 4.78 is 0. The van der Waals surface area contributed by atoms with Crippen LogP contribution in [0, 0.1) is 0 Å². The molecule has 0 amide bonds. The highest BCUT2D eigenvalue weighted by atomic mass is 17.5. The Hall–Kier alpha value is -0.810. The molecule has 0 rings (SSSR count). The Labute approximate surface area is 71.1 Å². The van der Waals surface area contributed by atoms with Gasteiger partial charge in [-0.2, -0.15) is 4.89 Å². The monoisotopic (exact) mass is 178 g/mol. The van der Waals surface area contributed by atoms with Gasteiger partial charge in [0.1, 0.15) is 0 Å². The molecule has 12 heavy (non-hydrogen) atoms. The molecule has 0 aromatic rings. The molecule has 0 fully saturated rings. The number of rotatable bonds is 7. The molecule has 0 aromatic heterocycles. The van der Waals surface area contributed by atoms with Gasteiger partial charge in [0.25, 0.3) is 0 Å². The van der Waals surface area contributed by atoms with Crippen LogP contribution in [0.1, 0.15) is 32.6 Å². The summed E-state index contributed by atoms with van der Waals surface area (Å²) >= 11 is 0. The maximum atomic E-state index is 9.71. The predicted molar refractivity (Wildman–Crippen MR) is 40.3 cm³/mol. The fourth-order valence-electron chi connectivity index (χ4n) is 0.675. The molecule has 0 saturated heterocycles. The Bertz CT molecular complexity index is 114. The summed E-state index contributed by atoms with van der Waals surface area (Å²) in [6.07, 6.45) is 2.67. The largest absolute Gasteiger partial charge is 0.540 e. The Balaban J connectivity index is 2.86. The van der Waals surface area contributed by atoms with E-state index in [1.165, 1.54) is 0 Å². The first-order valence-electron chi connectivity index (χ1n) is 3.96. The summed E-state index contributed by atoms with van der Waals surface area (Å²) in [6.45, 7) is 2.46. The van der Waals surface area contributed by atoms with Crippen LogP contribution in [0.3, 0.4) is 0 Å². The first kappa shape index (κ1) is 11.2. The van der Waals surface area contributed by atoms with Crippen molar-refractivity contribution >= 4 is 6.16 Å². The third kappa shape index (κ3) is 9.19. The molecule has 0 radical (unpaired) electrons. The van der Waals surface area contributed by atoms with Gasteiger partial charge < -0.3 is 5.11 Å². The zero-order chi connectivity index (χ0) is 9.23. The molecule has 0 heterocycles. The third-order valence-electron chi connectivity index (χ3n) is 1.23. The van der Waals surface area contributed by atoms with Gasteiger partial charge in [0.15, 0.2) is 0 Å². The van der Waals surface area contributed by atoms with E-state index in [4.69, 9.17) is 5.11 Å². The molecule has 5 nitrogen and oxygen atoms in total. The van der Waals surface area contributed by atoms with Crippen molar-refractivity contribution in [1.29, 1.82) is 0 Å². The first-order valence-corrected chi connectivity index (χ1v) is 3.96. The van der Waals surface area contributed by atoms with Gasteiger partial charge in [0.05, 0.1) is 6.61 Å². The number of hydrogen-bond donors (Lipinski definition) is 1. The van der Waals surface area contributed by atoms with Crippen molar-refractivity contribution in [1.82, 2.24) is 0 Å². The van der Waals surface area contributed by atoms with Gasteiger partial charge in [0.2, 0.25) is 0 Å². The maximum Gasteiger partial charge on any atom is 0.540 e. The van der Waals surface area contributed by atoms with Crippen LogP contribution in [0.2, 0.25) is 0 Å². The fraction of sp³-hybridized carbons (Fsp3) is 0.857. The summed E-state index contributed by atoms with van der Waals surface area (Å²) in [5.41, 5.74) is 0. The lowest BCUT2D eigenvalue weighted by molar-refractivity contribution is -0.485. The van der Waals surface area contributed by atoms with E-state index in [1.54, 1.807) is 0 Å². The van der Waals surface area contributed by atoms with Gasteiger partial charge in [0, 0.05) is 0 Å². The molecule has 0 bridgehead atoms. The molecule has 72 valence electrons. The highest BCUT2D eigenvalue weighted by Gasteiger charge is 1.96. The van der Waals surface area contributed by atoms with Crippen molar-refractivity contribution in [3.05, 3.63) is 0 Å². The van der Waals surface area contributed by atoms with Crippen LogP contribution >= 0.6 is 0 Å². The smallest absolute Gasteiger partial charge is 0.448 e. The van der Waals surface area contributed by atoms with Crippen molar-refractivity contribution in [2.45, 2.75) is 32.6 Å². The molecule has 0 spiro atoms. The minimum atomic E-state index is -1.51. The maximum absolute atomic E-state index is 9.71. The quantitative estimate of drug-likeness (QED) is 0.367. The second kappa shape index (κ2) is 8.29. The van der Waals surface area contributed by atoms with Gasteiger partial charge in [-0.1, -0.05) is 26.2 Å². The Kier molecular flexibility index (Phi) is 7.73. The molecular formula is C7H14O5. The summed E-state index contributed by atoms with van der Waals surface area (Å²) in [5.74, 6) is 0. The lowest BCUT2D eigenvalue weighted by atomic mass is 10.2. The Morgan fingerprint density at radius 2 is 2.08 bits per heavy atom. The molecule has 0 aromatic carbocycles. The Morgan fingerprint density at radius 3 is 2.67 bits per heavy atom. The average molecular weight is 178 g/mol. The lowest BCUT2D eigenvalue weighted by Crippen LogP contribution is -2.03. The van der Waals surface area contributed by atoms with E-state index in [2.05, 4.69) is 21.7 Å². The van der Waals surface area contributed by atoms with E-state index >= 15 is 0 Å². The summed E-state index contributed by atoms with van der Waals surface area (Å²) in [6, 6.07) is 0. The molecule has 0 aliphatic heterocycles. The molecular weight excluding hydrogens is 164 g/mol. The standard InChI is InChI=1S/C7H14O5/c1-2-3-4-5-6-10-12-11-7(8)9/h2-6H2,1H3,(H,8,9). The molecule has 5 heteroatoms. The summed E-state index contributed by atoms with van der Waals surface area (Å²) in [5, 5.41) is 11.8. The topological polar surface area (TPSA) is 65.0 Å². The zero-order valence-corrected chi connectivity index (χ0v) is 7.12. The zero-order valence-electron chi connectivity index (χ0n) is 7.12. The average Bonchev–Trinajstić information content (AvgIpc) is 2.02. The van der Waals surface area contributed by atoms with Crippen LogP contribution in [0.4, 0.5) is 4.79 Å². The molecule has 0 aliphatic rings. The van der Waals surface area contributed by atoms with E-state index < -0.39 is 6.16 Å². The van der Waals surface area contributed by atoms with E-state index in [9.17, 15) is 4.79 Å². The molecule has 0 aliphatic carbocycles. The van der Waals surface area contributed by atoms with Crippen molar-refractivity contribution in [2.75, 3.05) is 6.61 Å². The second-order valence-electron chi connectivity index (χ2n) is 2.30. The second-order valence-corrected chi connectivity index (χ2v) is 2.30. The van der Waals surface area contributed by atoms with Crippen LogP contribution in [0.15, 0.2) is 0 Å².